The topological polar surface area (TPSA) is 56.4 Å². The van der Waals surface area contributed by atoms with Crippen LogP contribution in [0.15, 0.2) is 71.1 Å². The summed E-state index contributed by atoms with van der Waals surface area (Å²) in [4.78, 5) is 0. The number of sulfonamides is 1. The van der Waals surface area contributed by atoms with E-state index in [1.54, 1.807) is 4.57 Å². The molecule has 0 atom stereocenters. The summed E-state index contributed by atoms with van der Waals surface area (Å²) in [6, 6.07) is 17.1. The second-order valence-corrected chi connectivity index (χ2v) is 9.78. The summed E-state index contributed by atoms with van der Waals surface area (Å²) in [5.74, 6) is -2.25. The molecule has 1 aliphatic rings. The van der Waals surface area contributed by atoms with Crippen LogP contribution in [0.25, 0.3) is 16.7 Å². The van der Waals surface area contributed by atoms with Crippen molar-refractivity contribution < 1.29 is 26.0 Å². The van der Waals surface area contributed by atoms with Gasteiger partial charge in [0.05, 0.1) is 22.3 Å². The molecule has 0 fully saturated rings. The lowest BCUT2D eigenvalue weighted by Crippen LogP contribution is -2.28. The Kier molecular flexibility index (Phi) is 5.35. The molecule has 0 saturated carbocycles. The first kappa shape index (κ1) is 22.4. The minimum Gasteiger partial charge on any atom is -0.309 e. The third-order valence-electron chi connectivity index (χ3n) is 5.80. The SMILES string of the molecule is O=S(=O)(Cc1ccc(C(F)(F)F)c(F)c1)/N=c1/n2c3c(cccc3n1-c1ccccc1)CCC2. The van der Waals surface area contributed by atoms with Gasteiger partial charge in [-0.15, -0.1) is 4.40 Å². The molecule has 1 aromatic heterocycles. The molecule has 0 unspecified atom stereocenters. The highest BCUT2D eigenvalue weighted by molar-refractivity contribution is 7.89. The van der Waals surface area contributed by atoms with Crippen molar-refractivity contribution >= 4 is 21.1 Å². The third kappa shape index (κ3) is 4.02. The van der Waals surface area contributed by atoms with E-state index in [0.717, 1.165) is 41.2 Å². The minimum atomic E-state index is -4.86. The Morgan fingerprint density at radius 3 is 2.44 bits per heavy atom. The molecular formula is C24H19F4N3O2S. The molecule has 0 saturated heterocycles. The zero-order valence-electron chi connectivity index (χ0n) is 17.8. The normalized spacial score (nSPS) is 14.6. The van der Waals surface area contributed by atoms with Gasteiger partial charge in [-0.05, 0) is 54.3 Å². The minimum absolute atomic E-state index is 0.115. The van der Waals surface area contributed by atoms with Crippen LogP contribution in [-0.2, 0) is 34.9 Å². The summed E-state index contributed by atoms with van der Waals surface area (Å²) in [6.45, 7) is 0.566. The second kappa shape index (κ2) is 8.12. The molecule has 0 bridgehead atoms. The number of hydrogen-bond donors (Lipinski definition) is 0. The lowest BCUT2D eigenvalue weighted by atomic mass is 10.0. The third-order valence-corrected chi connectivity index (χ3v) is 6.94. The number of para-hydroxylation sites is 2. The fourth-order valence-corrected chi connectivity index (χ4v) is 5.50. The van der Waals surface area contributed by atoms with Crippen molar-refractivity contribution in [1.29, 1.82) is 0 Å². The van der Waals surface area contributed by atoms with Gasteiger partial charge in [0.1, 0.15) is 5.82 Å². The molecule has 0 aliphatic carbocycles. The van der Waals surface area contributed by atoms with Gasteiger partial charge < -0.3 is 4.57 Å². The molecule has 5 rings (SSSR count). The van der Waals surface area contributed by atoms with Gasteiger partial charge >= 0.3 is 6.18 Å². The van der Waals surface area contributed by atoms with E-state index >= 15 is 0 Å². The summed E-state index contributed by atoms with van der Waals surface area (Å²) >= 11 is 0. The van der Waals surface area contributed by atoms with Crippen LogP contribution >= 0.6 is 0 Å². The maximum absolute atomic E-state index is 14.0. The largest absolute Gasteiger partial charge is 0.419 e. The highest BCUT2D eigenvalue weighted by atomic mass is 32.2. The fourth-order valence-electron chi connectivity index (χ4n) is 4.41. The van der Waals surface area contributed by atoms with Crippen molar-refractivity contribution in [2.75, 3.05) is 0 Å². The van der Waals surface area contributed by atoms with E-state index in [1.807, 2.05) is 53.1 Å². The summed E-state index contributed by atoms with van der Waals surface area (Å²) in [7, 11) is -4.22. The van der Waals surface area contributed by atoms with Crippen molar-refractivity contribution in [3.8, 4) is 5.69 Å². The maximum Gasteiger partial charge on any atom is 0.419 e. The predicted molar refractivity (Wildman–Crippen MR) is 119 cm³/mol. The van der Waals surface area contributed by atoms with Gasteiger partial charge in [-0.1, -0.05) is 36.4 Å². The van der Waals surface area contributed by atoms with Gasteiger partial charge in [-0.25, -0.2) is 12.8 Å². The molecule has 1 aliphatic heterocycles. The van der Waals surface area contributed by atoms with Gasteiger partial charge in [-0.2, -0.15) is 13.2 Å². The molecule has 0 radical (unpaired) electrons. The van der Waals surface area contributed by atoms with Gasteiger partial charge in [0.15, 0.2) is 0 Å². The average molecular weight is 489 g/mol. The Bertz CT molecular complexity index is 1570. The van der Waals surface area contributed by atoms with E-state index in [0.29, 0.717) is 18.7 Å². The van der Waals surface area contributed by atoms with Crippen LogP contribution in [0.3, 0.4) is 0 Å². The molecule has 0 amide bonds. The second-order valence-electron chi connectivity index (χ2n) is 8.14. The predicted octanol–water partition coefficient (Wildman–Crippen LogP) is 4.97. The van der Waals surface area contributed by atoms with Crippen LogP contribution in [0.4, 0.5) is 17.6 Å². The summed E-state index contributed by atoms with van der Waals surface area (Å²) in [5.41, 5.74) is 2.14. The molecule has 3 aromatic carbocycles. The lowest BCUT2D eigenvalue weighted by Gasteiger charge is -2.14. The number of nitrogens with zero attached hydrogens (tertiary/aromatic N) is 3. The van der Waals surface area contributed by atoms with E-state index in [9.17, 15) is 26.0 Å². The van der Waals surface area contributed by atoms with Crippen LogP contribution in [0.5, 0.6) is 0 Å². The number of aromatic nitrogens is 2. The van der Waals surface area contributed by atoms with E-state index < -0.39 is 33.3 Å². The standard InChI is InChI=1S/C24H19F4N3O2S/c25-20-14-16(11-12-19(20)24(26,27)28)15-34(32,33)29-23-30-13-5-7-17-6-4-10-21(22(17)30)31(23)18-8-2-1-3-9-18/h1-4,6,8-12,14H,5,7,13,15H2/b29-23-. The maximum atomic E-state index is 14.0. The lowest BCUT2D eigenvalue weighted by molar-refractivity contribution is -0.140. The molecule has 0 N–H and O–H groups in total. The molecule has 176 valence electrons. The Labute approximate surface area is 192 Å². The van der Waals surface area contributed by atoms with Gasteiger partial charge in [0.25, 0.3) is 10.0 Å². The smallest absolute Gasteiger partial charge is 0.309 e. The quantitative estimate of drug-likeness (QED) is 0.380. The summed E-state index contributed by atoms with van der Waals surface area (Å²) in [6.07, 6.45) is -3.20. The highest BCUT2D eigenvalue weighted by Crippen LogP contribution is 2.32. The van der Waals surface area contributed by atoms with Crippen LogP contribution in [0.1, 0.15) is 23.1 Å². The van der Waals surface area contributed by atoms with E-state index in [2.05, 4.69) is 4.40 Å². The van der Waals surface area contributed by atoms with Crippen molar-refractivity contribution in [1.82, 2.24) is 9.13 Å². The molecule has 4 aromatic rings. The van der Waals surface area contributed by atoms with Crippen molar-refractivity contribution in [3.05, 3.63) is 94.9 Å². The van der Waals surface area contributed by atoms with Crippen LogP contribution in [0.2, 0.25) is 0 Å². The Morgan fingerprint density at radius 1 is 0.971 bits per heavy atom. The first-order valence-corrected chi connectivity index (χ1v) is 12.2. The Hall–Kier alpha value is -3.40. The number of alkyl halides is 3. The Morgan fingerprint density at radius 2 is 1.74 bits per heavy atom. The Balaban J connectivity index is 1.67. The number of hydrogen-bond acceptors (Lipinski definition) is 2. The molecule has 34 heavy (non-hydrogen) atoms. The number of imidazole rings is 1. The number of rotatable bonds is 4. The first-order valence-electron chi connectivity index (χ1n) is 10.6. The van der Waals surface area contributed by atoms with E-state index in [-0.39, 0.29) is 11.2 Å². The number of halogens is 4. The summed E-state index contributed by atoms with van der Waals surface area (Å²) < 4.78 is 86.4. The van der Waals surface area contributed by atoms with Crippen LogP contribution < -0.4 is 5.62 Å². The van der Waals surface area contributed by atoms with Crippen LogP contribution in [0, 0.1) is 5.82 Å². The van der Waals surface area contributed by atoms with Gasteiger partial charge in [0.2, 0.25) is 5.62 Å². The van der Waals surface area contributed by atoms with Gasteiger partial charge in [0, 0.05) is 12.2 Å². The summed E-state index contributed by atoms with van der Waals surface area (Å²) in [5, 5.41) is 0. The fraction of sp³-hybridized carbons (Fsp3) is 0.208. The zero-order chi connectivity index (χ0) is 24.1. The van der Waals surface area contributed by atoms with E-state index in [1.165, 1.54) is 0 Å². The first-order chi connectivity index (χ1) is 16.1. The van der Waals surface area contributed by atoms with E-state index in [4.69, 9.17) is 0 Å². The van der Waals surface area contributed by atoms with Crippen molar-refractivity contribution in [2.24, 2.45) is 4.40 Å². The molecule has 0 spiro atoms. The van der Waals surface area contributed by atoms with Crippen molar-refractivity contribution in [3.63, 3.8) is 0 Å². The number of aryl methyl sites for hydroxylation is 2. The van der Waals surface area contributed by atoms with Crippen LogP contribution in [-0.4, -0.2) is 17.6 Å². The molecule has 2 heterocycles. The average Bonchev–Trinajstić information content (AvgIpc) is 3.08. The monoisotopic (exact) mass is 489 g/mol. The highest BCUT2D eigenvalue weighted by Gasteiger charge is 2.34. The number of benzene rings is 3. The molecule has 5 nitrogen and oxygen atoms in total. The molecular weight excluding hydrogens is 470 g/mol. The van der Waals surface area contributed by atoms with Gasteiger partial charge in [-0.3, -0.25) is 4.57 Å². The molecule has 10 heteroatoms. The zero-order valence-corrected chi connectivity index (χ0v) is 18.6. The van der Waals surface area contributed by atoms with Crippen molar-refractivity contribution in [2.45, 2.75) is 31.3 Å².